The number of hydrogen-bond acceptors (Lipinski definition) is 5. The first-order valence-corrected chi connectivity index (χ1v) is 10.5. The highest BCUT2D eigenvalue weighted by Gasteiger charge is 2.14. The fourth-order valence-corrected chi connectivity index (χ4v) is 3.43. The Balaban J connectivity index is 1.98. The molecule has 0 aliphatic heterocycles. The molecule has 0 aliphatic carbocycles. The SMILES string of the molecule is Cc1cc(-c2cc(CN(CCO)CCO)c(=O)n(CC=Cc3ccccc3)n2)ccc1F. The number of allylic oxidation sites excluding steroid dienone is 1. The van der Waals surface area contributed by atoms with E-state index >= 15 is 0 Å². The molecule has 7 heteroatoms. The van der Waals surface area contributed by atoms with Gasteiger partial charge >= 0.3 is 0 Å². The fourth-order valence-electron chi connectivity index (χ4n) is 3.43. The second-order valence-electron chi connectivity index (χ2n) is 7.54. The largest absolute Gasteiger partial charge is 0.395 e. The van der Waals surface area contributed by atoms with Crippen LogP contribution in [0.3, 0.4) is 0 Å². The molecule has 0 spiro atoms. The molecule has 0 amide bonds. The third kappa shape index (κ3) is 6.20. The van der Waals surface area contributed by atoms with Crippen molar-refractivity contribution in [3.05, 3.63) is 93.5 Å². The summed E-state index contributed by atoms with van der Waals surface area (Å²) in [5, 5.41) is 23.1. The third-order valence-corrected chi connectivity index (χ3v) is 5.12. The van der Waals surface area contributed by atoms with E-state index < -0.39 is 0 Å². The number of aryl methyl sites for hydroxylation is 1. The first-order chi connectivity index (χ1) is 15.5. The Hall–Kier alpha value is -3.13. The zero-order valence-electron chi connectivity index (χ0n) is 18.1. The Kier molecular flexibility index (Phi) is 8.44. The van der Waals surface area contributed by atoms with Crippen molar-refractivity contribution in [2.75, 3.05) is 26.3 Å². The summed E-state index contributed by atoms with van der Waals surface area (Å²) in [6.45, 7) is 2.73. The van der Waals surface area contributed by atoms with Crippen molar-refractivity contribution < 1.29 is 14.6 Å². The molecule has 0 bridgehead atoms. The Labute approximate surface area is 186 Å². The van der Waals surface area contributed by atoms with Crippen LogP contribution in [-0.2, 0) is 13.1 Å². The number of halogens is 1. The molecular weight excluding hydrogens is 409 g/mol. The minimum atomic E-state index is -0.301. The Morgan fingerprint density at radius 1 is 1.06 bits per heavy atom. The van der Waals surface area contributed by atoms with E-state index in [0.29, 0.717) is 35.5 Å². The molecule has 0 aliphatic rings. The molecule has 168 valence electrons. The summed E-state index contributed by atoms with van der Waals surface area (Å²) >= 11 is 0. The molecule has 2 N–H and O–H groups in total. The van der Waals surface area contributed by atoms with Gasteiger partial charge < -0.3 is 10.2 Å². The quantitative estimate of drug-likeness (QED) is 0.510. The molecule has 0 atom stereocenters. The average molecular weight is 438 g/mol. The second kappa shape index (κ2) is 11.5. The van der Waals surface area contributed by atoms with Crippen LogP contribution in [0, 0.1) is 12.7 Å². The van der Waals surface area contributed by atoms with Crippen molar-refractivity contribution >= 4 is 6.08 Å². The van der Waals surface area contributed by atoms with Gasteiger partial charge in [0.25, 0.3) is 5.56 Å². The predicted octanol–water partition coefficient (Wildman–Crippen LogP) is 2.86. The minimum Gasteiger partial charge on any atom is -0.395 e. The zero-order valence-corrected chi connectivity index (χ0v) is 18.1. The number of aliphatic hydroxyl groups excluding tert-OH is 2. The van der Waals surface area contributed by atoms with Crippen LogP contribution in [0.5, 0.6) is 0 Å². The van der Waals surface area contributed by atoms with Gasteiger partial charge in [-0.25, -0.2) is 9.07 Å². The van der Waals surface area contributed by atoms with E-state index in [1.165, 1.54) is 10.7 Å². The molecule has 1 aromatic heterocycles. The lowest BCUT2D eigenvalue weighted by Gasteiger charge is -2.20. The molecule has 6 nitrogen and oxygen atoms in total. The summed E-state index contributed by atoms with van der Waals surface area (Å²) in [5.41, 5.74) is 3.03. The summed E-state index contributed by atoms with van der Waals surface area (Å²) < 4.78 is 15.2. The monoisotopic (exact) mass is 437 g/mol. The summed E-state index contributed by atoms with van der Waals surface area (Å²) in [6.07, 6.45) is 3.79. The van der Waals surface area contributed by atoms with E-state index in [-0.39, 0.29) is 37.7 Å². The maximum absolute atomic E-state index is 13.8. The molecule has 0 saturated heterocycles. The van der Waals surface area contributed by atoms with Crippen LogP contribution in [-0.4, -0.2) is 51.2 Å². The van der Waals surface area contributed by atoms with Gasteiger partial charge in [-0.1, -0.05) is 42.5 Å². The minimum absolute atomic E-state index is 0.0803. The van der Waals surface area contributed by atoms with Crippen molar-refractivity contribution in [1.29, 1.82) is 0 Å². The highest BCUT2D eigenvalue weighted by atomic mass is 19.1. The number of aromatic nitrogens is 2. The number of rotatable bonds is 10. The number of hydrogen-bond donors (Lipinski definition) is 2. The molecule has 3 rings (SSSR count). The summed E-state index contributed by atoms with van der Waals surface area (Å²) in [5.74, 6) is -0.301. The zero-order chi connectivity index (χ0) is 22.9. The van der Waals surface area contributed by atoms with Crippen LogP contribution >= 0.6 is 0 Å². The van der Waals surface area contributed by atoms with Gasteiger partial charge in [0.15, 0.2) is 0 Å². The third-order valence-electron chi connectivity index (χ3n) is 5.12. The standard InChI is InChI=1S/C25H28FN3O3/c1-19-16-21(9-10-23(19)26)24-17-22(18-28(12-14-30)13-15-31)25(32)29(27-24)11-5-8-20-6-3-2-4-7-20/h2-10,16-17,30-31H,11-15,18H2,1H3. The van der Waals surface area contributed by atoms with Gasteiger partial charge in [0.05, 0.1) is 25.5 Å². The van der Waals surface area contributed by atoms with Gasteiger partial charge in [-0.15, -0.1) is 0 Å². The van der Waals surface area contributed by atoms with Gasteiger partial charge in [0.1, 0.15) is 5.82 Å². The lowest BCUT2D eigenvalue weighted by Crippen LogP contribution is -2.34. The van der Waals surface area contributed by atoms with Gasteiger partial charge in [0, 0.05) is 30.8 Å². The maximum atomic E-state index is 13.8. The van der Waals surface area contributed by atoms with E-state index in [9.17, 15) is 19.4 Å². The van der Waals surface area contributed by atoms with E-state index in [1.54, 1.807) is 30.0 Å². The molecule has 0 unspecified atom stereocenters. The molecule has 2 aromatic carbocycles. The van der Waals surface area contributed by atoms with Crippen molar-refractivity contribution in [3.8, 4) is 11.3 Å². The summed E-state index contributed by atoms with van der Waals surface area (Å²) in [6, 6.07) is 16.2. The molecule has 0 radical (unpaired) electrons. The van der Waals surface area contributed by atoms with Crippen LogP contribution in [0.15, 0.2) is 65.5 Å². The highest BCUT2D eigenvalue weighted by Crippen LogP contribution is 2.20. The van der Waals surface area contributed by atoms with E-state index in [0.717, 1.165) is 5.56 Å². The summed E-state index contributed by atoms with van der Waals surface area (Å²) in [4.78, 5) is 14.9. The predicted molar refractivity (Wildman–Crippen MR) is 124 cm³/mol. The molecule has 0 fully saturated rings. The number of aliphatic hydroxyl groups is 2. The fraction of sp³-hybridized carbons (Fsp3) is 0.280. The van der Waals surface area contributed by atoms with Crippen molar-refractivity contribution in [2.45, 2.75) is 20.0 Å². The van der Waals surface area contributed by atoms with Gasteiger partial charge in [-0.2, -0.15) is 5.10 Å². The molecular formula is C25H28FN3O3. The van der Waals surface area contributed by atoms with Gasteiger partial charge in [0.2, 0.25) is 0 Å². The van der Waals surface area contributed by atoms with Crippen molar-refractivity contribution in [3.63, 3.8) is 0 Å². The first kappa shape index (κ1) is 23.5. The van der Waals surface area contributed by atoms with Crippen LogP contribution in [0.2, 0.25) is 0 Å². The molecule has 0 saturated carbocycles. The van der Waals surface area contributed by atoms with Crippen molar-refractivity contribution in [2.24, 2.45) is 0 Å². The molecule has 1 heterocycles. The van der Waals surface area contributed by atoms with E-state index in [2.05, 4.69) is 5.10 Å². The van der Waals surface area contributed by atoms with Gasteiger partial charge in [-0.3, -0.25) is 9.69 Å². The van der Waals surface area contributed by atoms with Crippen molar-refractivity contribution in [1.82, 2.24) is 14.7 Å². The normalized spacial score (nSPS) is 11.5. The smallest absolute Gasteiger partial charge is 0.271 e. The van der Waals surface area contributed by atoms with Crippen LogP contribution in [0.4, 0.5) is 4.39 Å². The lowest BCUT2D eigenvalue weighted by atomic mass is 10.1. The van der Waals surface area contributed by atoms with E-state index in [4.69, 9.17) is 0 Å². The highest BCUT2D eigenvalue weighted by molar-refractivity contribution is 5.60. The average Bonchev–Trinajstić information content (AvgIpc) is 2.79. The second-order valence-corrected chi connectivity index (χ2v) is 7.54. The Morgan fingerprint density at radius 3 is 2.44 bits per heavy atom. The van der Waals surface area contributed by atoms with E-state index in [1.807, 2.05) is 42.5 Å². The Bertz CT molecular complexity index is 1110. The maximum Gasteiger partial charge on any atom is 0.271 e. The Morgan fingerprint density at radius 2 is 1.78 bits per heavy atom. The lowest BCUT2D eigenvalue weighted by molar-refractivity contribution is 0.155. The van der Waals surface area contributed by atoms with Crippen LogP contribution in [0.25, 0.3) is 17.3 Å². The van der Waals surface area contributed by atoms with Gasteiger partial charge in [-0.05, 0) is 42.3 Å². The number of nitrogens with zero attached hydrogens (tertiary/aromatic N) is 3. The van der Waals surface area contributed by atoms with Crippen LogP contribution in [0.1, 0.15) is 16.7 Å². The molecule has 32 heavy (non-hydrogen) atoms. The summed E-state index contributed by atoms with van der Waals surface area (Å²) in [7, 11) is 0. The topological polar surface area (TPSA) is 78.6 Å². The first-order valence-electron chi connectivity index (χ1n) is 10.5. The number of benzene rings is 2. The van der Waals surface area contributed by atoms with Crippen LogP contribution < -0.4 is 5.56 Å². The molecule has 3 aromatic rings.